The number of amides is 1. The number of rotatable bonds is 7. The molecule has 0 N–H and O–H groups in total. The number of Topliss-reactive ketones (excluding diaryl/α,β-unsaturated/α-hetero) is 1. The van der Waals surface area contributed by atoms with Crippen LogP contribution in [-0.2, 0) is 4.79 Å². The summed E-state index contributed by atoms with van der Waals surface area (Å²) in [4.78, 5) is 31.0. The molecular weight excluding hydrogens is 423 g/mol. The number of para-hydroxylation sites is 2. The van der Waals surface area contributed by atoms with E-state index in [9.17, 15) is 14.0 Å². The van der Waals surface area contributed by atoms with Crippen molar-refractivity contribution in [2.24, 2.45) is 4.99 Å². The van der Waals surface area contributed by atoms with Crippen LogP contribution in [0.4, 0.5) is 10.1 Å². The molecule has 1 heterocycles. The quantitative estimate of drug-likeness (QED) is 0.434. The molecule has 2 aromatic rings. The standard InChI is InChI=1S/C22H23FN2O3S2/c1-4-28-19-8-6-5-7-18(19)24-22-25(14(2)12-30-22)21(27)13-29-20-10-9-16(15(3)26)11-17(20)23/h5-11,14H,4,12-13H2,1-3H3. The Bertz CT molecular complexity index is 981. The van der Waals surface area contributed by atoms with Gasteiger partial charge in [-0.3, -0.25) is 14.5 Å². The molecule has 0 aliphatic carbocycles. The Hall–Kier alpha value is -2.32. The van der Waals surface area contributed by atoms with Crippen LogP contribution >= 0.6 is 23.5 Å². The second-order valence-electron chi connectivity index (χ2n) is 6.71. The van der Waals surface area contributed by atoms with Crippen molar-refractivity contribution in [2.75, 3.05) is 18.1 Å². The van der Waals surface area contributed by atoms with Crippen LogP contribution in [0.5, 0.6) is 5.75 Å². The number of nitrogens with zero attached hydrogens (tertiary/aromatic N) is 2. The van der Waals surface area contributed by atoms with E-state index in [-0.39, 0.29) is 23.5 Å². The van der Waals surface area contributed by atoms with Crippen molar-refractivity contribution >= 4 is 46.1 Å². The third kappa shape index (κ3) is 5.23. The van der Waals surface area contributed by atoms with E-state index in [2.05, 4.69) is 4.99 Å². The van der Waals surface area contributed by atoms with Crippen LogP contribution < -0.4 is 4.74 Å². The first-order chi connectivity index (χ1) is 14.4. The highest BCUT2D eigenvalue weighted by atomic mass is 32.2. The third-order valence-electron chi connectivity index (χ3n) is 4.44. The zero-order valence-corrected chi connectivity index (χ0v) is 18.7. The van der Waals surface area contributed by atoms with Gasteiger partial charge in [-0.15, -0.1) is 11.8 Å². The van der Waals surface area contributed by atoms with Crippen LogP contribution in [0, 0.1) is 5.82 Å². The summed E-state index contributed by atoms with van der Waals surface area (Å²) in [5.41, 5.74) is 0.988. The van der Waals surface area contributed by atoms with Gasteiger partial charge in [0, 0.05) is 22.3 Å². The molecule has 1 aliphatic rings. The molecule has 0 bridgehead atoms. The molecule has 0 aromatic heterocycles. The molecule has 1 aliphatic heterocycles. The Morgan fingerprint density at radius 1 is 1.30 bits per heavy atom. The van der Waals surface area contributed by atoms with E-state index in [1.165, 1.54) is 24.8 Å². The summed E-state index contributed by atoms with van der Waals surface area (Å²) in [5, 5.41) is 0.618. The Morgan fingerprint density at radius 2 is 2.07 bits per heavy atom. The Morgan fingerprint density at radius 3 is 2.77 bits per heavy atom. The maximum Gasteiger partial charge on any atom is 0.239 e. The number of ether oxygens (including phenoxy) is 1. The lowest BCUT2D eigenvalue weighted by Crippen LogP contribution is -2.38. The number of halogens is 1. The maximum absolute atomic E-state index is 14.3. The van der Waals surface area contributed by atoms with Crippen molar-refractivity contribution in [3.63, 3.8) is 0 Å². The van der Waals surface area contributed by atoms with Crippen LogP contribution in [0.2, 0.25) is 0 Å². The number of hydrogen-bond donors (Lipinski definition) is 0. The van der Waals surface area contributed by atoms with Gasteiger partial charge in [-0.25, -0.2) is 9.38 Å². The number of benzene rings is 2. The number of aliphatic imine (C=N–C) groups is 1. The minimum Gasteiger partial charge on any atom is -0.492 e. The first kappa shape index (κ1) is 22.4. The van der Waals surface area contributed by atoms with Crippen molar-refractivity contribution in [1.29, 1.82) is 0 Å². The predicted octanol–water partition coefficient (Wildman–Crippen LogP) is 5.17. The highest BCUT2D eigenvalue weighted by Crippen LogP contribution is 2.33. The van der Waals surface area contributed by atoms with Gasteiger partial charge in [0.05, 0.1) is 12.4 Å². The average molecular weight is 447 g/mol. The minimum atomic E-state index is -0.496. The van der Waals surface area contributed by atoms with Gasteiger partial charge in [-0.2, -0.15) is 0 Å². The average Bonchev–Trinajstić information content (AvgIpc) is 3.08. The van der Waals surface area contributed by atoms with Crippen LogP contribution in [0.15, 0.2) is 52.4 Å². The number of ketones is 1. The topological polar surface area (TPSA) is 59.0 Å². The van der Waals surface area contributed by atoms with Crippen molar-refractivity contribution in [1.82, 2.24) is 4.90 Å². The van der Waals surface area contributed by atoms with Gasteiger partial charge in [0.1, 0.15) is 17.3 Å². The van der Waals surface area contributed by atoms with Gasteiger partial charge in [0.2, 0.25) is 5.91 Å². The van der Waals surface area contributed by atoms with Crippen molar-refractivity contribution in [3.05, 3.63) is 53.8 Å². The largest absolute Gasteiger partial charge is 0.492 e. The molecule has 5 nitrogen and oxygen atoms in total. The fraction of sp³-hybridized carbons (Fsp3) is 0.318. The summed E-state index contributed by atoms with van der Waals surface area (Å²) in [5.74, 6) is 0.657. The molecule has 0 saturated carbocycles. The first-order valence-corrected chi connectivity index (χ1v) is 11.6. The fourth-order valence-electron chi connectivity index (χ4n) is 2.94. The van der Waals surface area contributed by atoms with Crippen molar-refractivity contribution < 1.29 is 18.7 Å². The summed E-state index contributed by atoms with van der Waals surface area (Å²) in [6.07, 6.45) is 0. The summed E-state index contributed by atoms with van der Waals surface area (Å²) in [7, 11) is 0. The molecule has 0 spiro atoms. The van der Waals surface area contributed by atoms with E-state index in [0.717, 1.165) is 17.5 Å². The van der Waals surface area contributed by atoms with E-state index >= 15 is 0 Å². The number of hydrogen-bond acceptors (Lipinski definition) is 6. The van der Waals surface area contributed by atoms with Crippen LogP contribution in [0.25, 0.3) is 0 Å². The fourth-order valence-corrected chi connectivity index (χ4v) is 4.84. The predicted molar refractivity (Wildman–Crippen MR) is 121 cm³/mol. The van der Waals surface area contributed by atoms with Crippen LogP contribution in [-0.4, -0.2) is 45.9 Å². The summed E-state index contributed by atoms with van der Waals surface area (Å²) in [6, 6.07) is 11.8. The Labute approximate surface area is 184 Å². The van der Waals surface area contributed by atoms with Gasteiger partial charge < -0.3 is 4.74 Å². The summed E-state index contributed by atoms with van der Waals surface area (Å²) in [6.45, 7) is 5.79. The minimum absolute atomic E-state index is 0.00829. The zero-order chi connectivity index (χ0) is 21.7. The third-order valence-corrected chi connectivity index (χ3v) is 6.67. The lowest BCUT2D eigenvalue weighted by Gasteiger charge is -2.21. The van der Waals surface area contributed by atoms with Gasteiger partial charge in [-0.1, -0.05) is 30.0 Å². The lowest BCUT2D eigenvalue weighted by molar-refractivity contribution is -0.125. The molecule has 1 fully saturated rings. The molecule has 2 aromatic carbocycles. The molecule has 158 valence electrons. The van der Waals surface area contributed by atoms with E-state index in [0.29, 0.717) is 33.7 Å². The molecule has 1 saturated heterocycles. The normalized spacial score (nSPS) is 17.4. The first-order valence-electron chi connectivity index (χ1n) is 9.59. The SMILES string of the molecule is CCOc1ccccc1N=C1SCC(C)N1C(=O)CSc1ccc(C(C)=O)cc1F. The van der Waals surface area contributed by atoms with Gasteiger partial charge in [0.15, 0.2) is 11.0 Å². The highest BCUT2D eigenvalue weighted by molar-refractivity contribution is 8.14. The number of thioether (sulfide) groups is 2. The molecule has 0 radical (unpaired) electrons. The zero-order valence-electron chi connectivity index (χ0n) is 17.1. The molecular formula is C22H23FN2O3S2. The van der Waals surface area contributed by atoms with E-state index < -0.39 is 5.82 Å². The summed E-state index contributed by atoms with van der Waals surface area (Å²) < 4.78 is 19.9. The maximum atomic E-state index is 14.3. The van der Waals surface area contributed by atoms with Gasteiger partial charge in [0.25, 0.3) is 0 Å². The number of amidine groups is 1. The number of carbonyl (C=O) groups excluding carboxylic acids is 2. The second-order valence-corrected chi connectivity index (χ2v) is 8.71. The van der Waals surface area contributed by atoms with Crippen LogP contribution in [0.1, 0.15) is 31.1 Å². The molecule has 1 unspecified atom stereocenters. The van der Waals surface area contributed by atoms with Gasteiger partial charge >= 0.3 is 0 Å². The van der Waals surface area contributed by atoms with Crippen molar-refractivity contribution in [2.45, 2.75) is 31.7 Å². The van der Waals surface area contributed by atoms with Crippen LogP contribution in [0.3, 0.4) is 0 Å². The second kappa shape index (κ2) is 10.1. The number of carbonyl (C=O) groups is 2. The molecule has 30 heavy (non-hydrogen) atoms. The smallest absolute Gasteiger partial charge is 0.239 e. The Balaban J connectivity index is 1.75. The summed E-state index contributed by atoms with van der Waals surface area (Å²) >= 11 is 2.63. The molecule has 1 amide bonds. The van der Waals surface area contributed by atoms with Gasteiger partial charge in [-0.05, 0) is 45.0 Å². The monoisotopic (exact) mass is 446 g/mol. The molecule has 8 heteroatoms. The molecule has 1 atom stereocenters. The van der Waals surface area contributed by atoms with Crippen molar-refractivity contribution in [3.8, 4) is 5.75 Å². The Kier molecular flexibility index (Phi) is 7.55. The molecule has 3 rings (SSSR count). The van der Waals surface area contributed by atoms with E-state index in [4.69, 9.17) is 4.74 Å². The lowest BCUT2D eigenvalue weighted by atomic mass is 10.1. The van der Waals surface area contributed by atoms with E-state index in [1.54, 1.807) is 17.0 Å². The highest BCUT2D eigenvalue weighted by Gasteiger charge is 2.32. The van der Waals surface area contributed by atoms with E-state index in [1.807, 2.05) is 38.1 Å².